The summed E-state index contributed by atoms with van der Waals surface area (Å²) < 4.78 is 18.5. The number of nitrogens with zero attached hydrogens (tertiary/aromatic N) is 1. The van der Waals surface area contributed by atoms with Crippen molar-refractivity contribution in [3.63, 3.8) is 0 Å². The Balaban J connectivity index is 1.57. The van der Waals surface area contributed by atoms with Gasteiger partial charge < -0.3 is 10.1 Å². The number of hydrogen-bond acceptors (Lipinski definition) is 4. The molecule has 2 aromatic rings. The van der Waals surface area contributed by atoms with E-state index in [0.29, 0.717) is 0 Å². The summed E-state index contributed by atoms with van der Waals surface area (Å²) in [5, 5.41) is 5.64. The molecule has 0 unspecified atom stereocenters. The SMILES string of the molecule is C[C@@H](NC(=O)Cc1csc(-c2ccc(F)cc2)n1)[C@@H]1CCCO1. The topological polar surface area (TPSA) is 51.2 Å². The Morgan fingerprint density at radius 2 is 2.26 bits per heavy atom. The zero-order chi connectivity index (χ0) is 16.2. The number of hydrogen-bond donors (Lipinski definition) is 1. The molecule has 1 N–H and O–H groups in total. The van der Waals surface area contributed by atoms with Crippen LogP contribution in [0.3, 0.4) is 0 Å². The standard InChI is InChI=1S/C17H19FN2O2S/c1-11(15-3-2-8-22-15)19-16(21)9-14-10-23-17(20-14)12-4-6-13(18)7-5-12/h4-7,10-11,15H,2-3,8-9H2,1H3,(H,19,21)/t11-,15+/m1/s1. The number of benzene rings is 1. The van der Waals surface area contributed by atoms with Crippen LogP contribution in [-0.4, -0.2) is 29.6 Å². The van der Waals surface area contributed by atoms with E-state index in [1.165, 1.54) is 23.5 Å². The average molecular weight is 334 g/mol. The summed E-state index contributed by atoms with van der Waals surface area (Å²) in [6.07, 6.45) is 2.41. The predicted molar refractivity (Wildman–Crippen MR) is 87.8 cm³/mol. The number of thiazole rings is 1. The lowest BCUT2D eigenvalue weighted by molar-refractivity contribution is -0.121. The molecule has 1 aliphatic rings. The predicted octanol–water partition coefficient (Wildman–Crippen LogP) is 3.18. The van der Waals surface area contributed by atoms with E-state index in [4.69, 9.17) is 4.74 Å². The Morgan fingerprint density at radius 1 is 1.48 bits per heavy atom. The van der Waals surface area contributed by atoms with Gasteiger partial charge in [-0.05, 0) is 44.0 Å². The van der Waals surface area contributed by atoms with Crippen LogP contribution >= 0.6 is 11.3 Å². The molecule has 1 aromatic heterocycles. The van der Waals surface area contributed by atoms with Crippen molar-refractivity contribution < 1.29 is 13.9 Å². The normalized spacial score (nSPS) is 18.8. The third-order valence-corrected chi connectivity index (χ3v) is 4.84. The fourth-order valence-electron chi connectivity index (χ4n) is 2.67. The summed E-state index contributed by atoms with van der Waals surface area (Å²) in [5.41, 5.74) is 1.59. The van der Waals surface area contributed by atoms with Crippen LogP contribution in [0.2, 0.25) is 0 Å². The maximum atomic E-state index is 12.9. The molecule has 0 aliphatic carbocycles. The van der Waals surface area contributed by atoms with Gasteiger partial charge >= 0.3 is 0 Å². The van der Waals surface area contributed by atoms with Gasteiger partial charge in [-0.25, -0.2) is 9.37 Å². The molecule has 23 heavy (non-hydrogen) atoms. The minimum absolute atomic E-state index is 0.0141. The van der Waals surface area contributed by atoms with Gasteiger partial charge in [0.1, 0.15) is 10.8 Å². The zero-order valence-electron chi connectivity index (χ0n) is 12.9. The largest absolute Gasteiger partial charge is 0.376 e. The van der Waals surface area contributed by atoms with Gasteiger partial charge in [-0.3, -0.25) is 4.79 Å². The number of ether oxygens (including phenoxy) is 1. The van der Waals surface area contributed by atoms with Crippen molar-refractivity contribution in [3.8, 4) is 10.6 Å². The summed E-state index contributed by atoms with van der Waals surface area (Å²) in [6.45, 7) is 2.75. The second-order valence-electron chi connectivity index (χ2n) is 5.74. The highest BCUT2D eigenvalue weighted by Gasteiger charge is 2.23. The van der Waals surface area contributed by atoms with E-state index < -0.39 is 0 Å². The summed E-state index contributed by atoms with van der Waals surface area (Å²) in [4.78, 5) is 16.6. The number of aromatic nitrogens is 1. The zero-order valence-corrected chi connectivity index (χ0v) is 13.7. The molecule has 1 aromatic carbocycles. The van der Waals surface area contributed by atoms with E-state index in [0.717, 1.165) is 35.7 Å². The molecule has 6 heteroatoms. The Kier molecular flexibility index (Phi) is 5.03. The summed E-state index contributed by atoms with van der Waals surface area (Å²) in [7, 11) is 0. The molecule has 0 radical (unpaired) electrons. The first-order chi connectivity index (χ1) is 11.1. The fraction of sp³-hybridized carbons (Fsp3) is 0.412. The van der Waals surface area contributed by atoms with Crippen molar-refractivity contribution in [2.24, 2.45) is 0 Å². The van der Waals surface area contributed by atoms with Crippen LogP contribution in [0.25, 0.3) is 10.6 Å². The molecular formula is C17H19FN2O2S. The van der Waals surface area contributed by atoms with Crippen molar-refractivity contribution in [1.82, 2.24) is 10.3 Å². The highest BCUT2D eigenvalue weighted by atomic mass is 32.1. The molecule has 0 bridgehead atoms. The van der Waals surface area contributed by atoms with Crippen LogP contribution in [0, 0.1) is 5.82 Å². The van der Waals surface area contributed by atoms with E-state index >= 15 is 0 Å². The number of halogens is 1. The fourth-order valence-corrected chi connectivity index (χ4v) is 3.50. The molecule has 2 heterocycles. The van der Waals surface area contributed by atoms with Crippen LogP contribution in [-0.2, 0) is 16.0 Å². The molecule has 2 atom stereocenters. The lowest BCUT2D eigenvalue weighted by atomic mass is 10.1. The molecule has 3 rings (SSSR count). The lowest BCUT2D eigenvalue weighted by Crippen LogP contribution is -2.41. The van der Waals surface area contributed by atoms with E-state index in [1.54, 1.807) is 12.1 Å². The van der Waals surface area contributed by atoms with Gasteiger partial charge in [-0.15, -0.1) is 11.3 Å². The molecule has 0 spiro atoms. The maximum absolute atomic E-state index is 12.9. The van der Waals surface area contributed by atoms with Crippen molar-refractivity contribution in [2.45, 2.75) is 38.3 Å². The van der Waals surface area contributed by atoms with E-state index in [-0.39, 0.29) is 30.3 Å². The Bertz CT molecular complexity index is 665. The van der Waals surface area contributed by atoms with Crippen molar-refractivity contribution >= 4 is 17.2 Å². The number of carbonyl (C=O) groups is 1. The van der Waals surface area contributed by atoms with Gasteiger partial charge in [0, 0.05) is 17.6 Å². The number of nitrogens with one attached hydrogen (secondary N) is 1. The van der Waals surface area contributed by atoms with Crippen LogP contribution in [0.5, 0.6) is 0 Å². The third kappa shape index (κ3) is 4.14. The second kappa shape index (κ2) is 7.19. The molecule has 1 aliphatic heterocycles. The monoisotopic (exact) mass is 334 g/mol. The summed E-state index contributed by atoms with van der Waals surface area (Å²) in [5.74, 6) is -0.322. The Morgan fingerprint density at radius 3 is 2.96 bits per heavy atom. The third-order valence-electron chi connectivity index (χ3n) is 3.90. The van der Waals surface area contributed by atoms with E-state index in [2.05, 4.69) is 10.3 Å². The number of amides is 1. The van der Waals surface area contributed by atoms with Crippen LogP contribution in [0.4, 0.5) is 4.39 Å². The van der Waals surface area contributed by atoms with Gasteiger partial charge in [-0.1, -0.05) is 0 Å². The first-order valence-corrected chi connectivity index (χ1v) is 8.61. The minimum atomic E-state index is -0.270. The van der Waals surface area contributed by atoms with Crippen LogP contribution in [0.15, 0.2) is 29.6 Å². The van der Waals surface area contributed by atoms with Crippen LogP contribution in [0.1, 0.15) is 25.5 Å². The number of carbonyl (C=O) groups excluding carboxylic acids is 1. The lowest BCUT2D eigenvalue weighted by Gasteiger charge is -2.19. The quantitative estimate of drug-likeness (QED) is 0.914. The summed E-state index contributed by atoms with van der Waals surface area (Å²) >= 11 is 1.46. The average Bonchev–Trinajstić information content (AvgIpc) is 3.19. The highest BCUT2D eigenvalue weighted by Crippen LogP contribution is 2.24. The molecule has 1 fully saturated rings. The molecule has 1 amide bonds. The minimum Gasteiger partial charge on any atom is -0.376 e. The van der Waals surface area contributed by atoms with Gasteiger partial charge in [0.15, 0.2) is 0 Å². The highest BCUT2D eigenvalue weighted by molar-refractivity contribution is 7.13. The first-order valence-electron chi connectivity index (χ1n) is 7.73. The molecular weight excluding hydrogens is 315 g/mol. The van der Waals surface area contributed by atoms with E-state index in [1.807, 2.05) is 12.3 Å². The van der Waals surface area contributed by atoms with Gasteiger partial charge in [-0.2, -0.15) is 0 Å². The van der Waals surface area contributed by atoms with Gasteiger partial charge in [0.25, 0.3) is 0 Å². The van der Waals surface area contributed by atoms with Gasteiger partial charge in [0.05, 0.1) is 24.3 Å². The molecule has 4 nitrogen and oxygen atoms in total. The van der Waals surface area contributed by atoms with E-state index in [9.17, 15) is 9.18 Å². The maximum Gasteiger partial charge on any atom is 0.226 e. The van der Waals surface area contributed by atoms with Crippen molar-refractivity contribution in [2.75, 3.05) is 6.61 Å². The van der Waals surface area contributed by atoms with Crippen molar-refractivity contribution in [3.05, 3.63) is 41.2 Å². The van der Waals surface area contributed by atoms with Crippen LogP contribution < -0.4 is 5.32 Å². The van der Waals surface area contributed by atoms with Crippen molar-refractivity contribution in [1.29, 1.82) is 0 Å². The summed E-state index contributed by atoms with van der Waals surface area (Å²) in [6, 6.07) is 6.22. The Labute approximate surface area is 138 Å². The molecule has 1 saturated heterocycles. The smallest absolute Gasteiger partial charge is 0.226 e. The number of rotatable bonds is 5. The molecule has 122 valence electrons. The molecule has 0 saturated carbocycles. The Hall–Kier alpha value is -1.79. The second-order valence-corrected chi connectivity index (χ2v) is 6.59. The van der Waals surface area contributed by atoms with Gasteiger partial charge in [0.2, 0.25) is 5.91 Å². The first kappa shape index (κ1) is 16.1.